The van der Waals surface area contributed by atoms with E-state index >= 15 is 0 Å². The monoisotopic (exact) mass is 272 g/mol. The Kier molecular flexibility index (Phi) is 2.98. The number of nitrogens with two attached hydrogens (primary N) is 1. The molecule has 0 radical (unpaired) electrons. The molecule has 0 saturated heterocycles. The van der Waals surface area contributed by atoms with Gasteiger partial charge in [-0.1, -0.05) is 12.1 Å². The van der Waals surface area contributed by atoms with Crippen molar-refractivity contribution >= 4 is 5.82 Å². The van der Waals surface area contributed by atoms with Gasteiger partial charge in [0, 0.05) is 6.54 Å². The van der Waals surface area contributed by atoms with Crippen LogP contribution in [0.3, 0.4) is 0 Å². The minimum atomic E-state index is -0.259. The second-order valence-corrected chi connectivity index (χ2v) is 4.56. The van der Waals surface area contributed by atoms with Gasteiger partial charge < -0.3 is 15.4 Å². The molecule has 3 rings (SSSR count). The predicted molar refractivity (Wildman–Crippen MR) is 72.8 cm³/mol. The molecule has 0 aromatic heterocycles. The highest BCUT2D eigenvalue weighted by Gasteiger charge is 2.15. The van der Waals surface area contributed by atoms with Gasteiger partial charge in [-0.05, 0) is 30.2 Å². The van der Waals surface area contributed by atoms with Crippen LogP contribution in [0.2, 0.25) is 0 Å². The minimum absolute atomic E-state index is 0.0845. The molecule has 0 fully saturated rings. The highest BCUT2D eigenvalue weighted by molar-refractivity contribution is 5.68. The van der Waals surface area contributed by atoms with Crippen molar-refractivity contribution in [3.05, 3.63) is 48.0 Å². The number of nitrogen functional groups attached to an aromatic ring is 1. The second-order valence-electron chi connectivity index (χ2n) is 4.56. The fourth-order valence-corrected chi connectivity index (χ4v) is 2.09. The number of nitrogens with zero attached hydrogens (tertiary/aromatic N) is 3. The van der Waals surface area contributed by atoms with E-state index in [4.69, 9.17) is 5.73 Å². The molecule has 0 saturated carbocycles. The van der Waals surface area contributed by atoms with Crippen molar-refractivity contribution in [2.24, 2.45) is 0 Å². The number of hydrogen-bond acceptors (Lipinski definition) is 4. The van der Waals surface area contributed by atoms with Gasteiger partial charge in [0.1, 0.15) is 11.6 Å². The molecule has 5 nitrogen and oxygen atoms in total. The number of aryl methyl sites for hydroxylation is 2. The van der Waals surface area contributed by atoms with Crippen LogP contribution in [0.5, 0.6) is 5.88 Å². The number of anilines is 1. The van der Waals surface area contributed by atoms with E-state index in [1.807, 2.05) is 0 Å². The molecular weight excluding hydrogens is 259 g/mol. The van der Waals surface area contributed by atoms with Crippen molar-refractivity contribution in [3.63, 3.8) is 0 Å². The van der Waals surface area contributed by atoms with Crippen molar-refractivity contribution in [1.82, 2.24) is 14.5 Å². The van der Waals surface area contributed by atoms with Crippen molar-refractivity contribution in [3.8, 4) is 17.3 Å². The molecule has 0 bridgehead atoms. The lowest BCUT2D eigenvalue weighted by Gasteiger charge is -2.11. The lowest BCUT2D eigenvalue weighted by Crippen LogP contribution is -2.05. The van der Waals surface area contributed by atoms with Gasteiger partial charge in [-0.15, -0.1) is 0 Å². The van der Waals surface area contributed by atoms with E-state index in [-0.39, 0.29) is 11.7 Å². The Morgan fingerprint density at radius 2 is 2.00 bits per heavy atom. The largest absolute Gasteiger partial charge is 0.494 e. The zero-order valence-corrected chi connectivity index (χ0v) is 10.6. The smallest absolute Gasteiger partial charge is 0.203 e. The zero-order valence-electron chi connectivity index (χ0n) is 10.6. The van der Waals surface area contributed by atoms with Crippen LogP contribution < -0.4 is 5.73 Å². The fourth-order valence-electron chi connectivity index (χ4n) is 2.09. The summed E-state index contributed by atoms with van der Waals surface area (Å²) in [4.78, 5) is 8.14. The summed E-state index contributed by atoms with van der Waals surface area (Å²) >= 11 is 0. The predicted octanol–water partition coefficient (Wildman–Crippen LogP) is 2.05. The Labute approximate surface area is 114 Å². The van der Waals surface area contributed by atoms with Gasteiger partial charge in [0.05, 0.1) is 11.9 Å². The van der Waals surface area contributed by atoms with Gasteiger partial charge in [-0.3, -0.25) is 0 Å². The molecule has 0 aliphatic carbocycles. The molecule has 20 heavy (non-hydrogen) atoms. The van der Waals surface area contributed by atoms with E-state index in [2.05, 4.69) is 9.97 Å². The van der Waals surface area contributed by atoms with Gasteiger partial charge in [-0.2, -0.15) is 0 Å². The summed E-state index contributed by atoms with van der Waals surface area (Å²) in [6, 6.07) is 7.88. The average Bonchev–Trinajstić information content (AvgIpc) is 2.81. The maximum Gasteiger partial charge on any atom is 0.203 e. The third-order valence-electron chi connectivity index (χ3n) is 3.16. The van der Waals surface area contributed by atoms with Crippen LogP contribution in [0, 0.1) is 5.82 Å². The SMILES string of the molecule is Nc1cc2c(O)n(CCc3ccc(F)cc3)cnc-2n1. The van der Waals surface area contributed by atoms with Gasteiger partial charge in [-0.25, -0.2) is 14.4 Å². The van der Waals surface area contributed by atoms with Gasteiger partial charge >= 0.3 is 0 Å². The topological polar surface area (TPSA) is 77.0 Å². The standard InChI is InChI=1S/C14H13FN4O/c15-10-3-1-9(2-4-10)5-6-19-8-17-13-11(14(19)20)7-12(16)18-13/h1-4,7-8,20H,5-6,16H2. The fraction of sp³-hybridized carbons (Fsp3) is 0.143. The van der Waals surface area contributed by atoms with Gasteiger partial charge in [0.25, 0.3) is 0 Å². The Morgan fingerprint density at radius 1 is 1.25 bits per heavy atom. The first-order chi connectivity index (χ1) is 9.63. The molecule has 102 valence electrons. The molecule has 0 spiro atoms. The average molecular weight is 272 g/mol. The first kappa shape index (κ1) is 12.4. The molecule has 3 N–H and O–H groups in total. The van der Waals surface area contributed by atoms with Crippen LogP contribution in [0.25, 0.3) is 11.4 Å². The van der Waals surface area contributed by atoms with Crippen LogP contribution in [-0.4, -0.2) is 19.6 Å². The van der Waals surface area contributed by atoms with Crippen molar-refractivity contribution in [1.29, 1.82) is 0 Å². The van der Waals surface area contributed by atoms with E-state index in [0.717, 1.165) is 5.56 Å². The molecule has 1 aromatic carbocycles. The van der Waals surface area contributed by atoms with Crippen LogP contribution in [0.1, 0.15) is 5.56 Å². The number of hydrogen-bond donors (Lipinski definition) is 2. The van der Waals surface area contributed by atoms with Crippen molar-refractivity contribution in [2.75, 3.05) is 5.73 Å². The lowest BCUT2D eigenvalue weighted by atomic mass is 10.1. The minimum Gasteiger partial charge on any atom is -0.494 e. The Bertz CT molecular complexity index is 708. The number of fused-ring (bicyclic) bond motifs is 1. The molecule has 2 aliphatic rings. The zero-order chi connectivity index (χ0) is 14.1. The summed E-state index contributed by atoms with van der Waals surface area (Å²) in [6.45, 7) is 0.533. The number of rotatable bonds is 3. The number of halogens is 1. The molecule has 0 unspecified atom stereocenters. The first-order valence-corrected chi connectivity index (χ1v) is 6.18. The van der Waals surface area contributed by atoms with Crippen molar-refractivity contribution in [2.45, 2.75) is 13.0 Å². The quantitative estimate of drug-likeness (QED) is 0.765. The van der Waals surface area contributed by atoms with Crippen molar-refractivity contribution < 1.29 is 9.50 Å². The van der Waals surface area contributed by atoms with E-state index in [0.29, 0.717) is 30.2 Å². The Morgan fingerprint density at radius 3 is 2.75 bits per heavy atom. The molecule has 2 heterocycles. The number of benzene rings is 1. The molecule has 6 heteroatoms. The highest BCUT2D eigenvalue weighted by Crippen LogP contribution is 2.30. The summed E-state index contributed by atoms with van der Waals surface area (Å²) < 4.78 is 14.4. The van der Waals surface area contributed by atoms with Crippen LogP contribution >= 0.6 is 0 Å². The molecule has 0 amide bonds. The number of aromatic hydroxyl groups is 1. The van der Waals surface area contributed by atoms with Crippen LogP contribution in [-0.2, 0) is 13.0 Å². The Balaban J connectivity index is 1.82. The summed E-state index contributed by atoms with van der Waals surface area (Å²) in [5.41, 5.74) is 7.10. The Hall–Kier alpha value is -2.63. The normalized spacial score (nSPS) is 11.1. The van der Waals surface area contributed by atoms with Crippen LogP contribution in [0.15, 0.2) is 36.7 Å². The van der Waals surface area contributed by atoms with E-state index in [9.17, 15) is 9.50 Å². The second kappa shape index (κ2) is 4.80. The molecule has 1 aromatic rings. The van der Waals surface area contributed by atoms with E-state index in [1.165, 1.54) is 18.5 Å². The third-order valence-corrected chi connectivity index (χ3v) is 3.16. The van der Waals surface area contributed by atoms with Gasteiger partial charge in [0.2, 0.25) is 5.88 Å². The lowest BCUT2D eigenvalue weighted by molar-refractivity contribution is 0.410. The molecule has 2 aliphatic heterocycles. The summed E-state index contributed by atoms with van der Waals surface area (Å²) in [5.74, 6) is 0.587. The van der Waals surface area contributed by atoms with E-state index < -0.39 is 0 Å². The third kappa shape index (κ3) is 2.27. The first-order valence-electron chi connectivity index (χ1n) is 6.18. The molecule has 0 atom stereocenters. The highest BCUT2D eigenvalue weighted by atomic mass is 19.1. The van der Waals surface area contributed by atoms with E-state index in [1.54, 1.807) is 22.8 Å². The van der Waals surface area contributed by atoms with Crippen LogP contribution in [0.4, 0.5) is 10.2 Å². The summed E-state index contributed by atoms with van der Waals surface area (Å²) in [7, 11) is 0. The summed E-state index contributed by atoms with van der Waals surface area (Å²) in [5, 5.41) is 10.2. The maximum absolute atomic E-state index is 12.8. The number of aromatic nitrogens is 3. The maximum atomic E-state index is 12.8. The molecular formula is C14H13FN4O. The van der Waals surface area contributed by atoms with Gasteiger partial charge in [0.15, 0.2) is 5.82 Å². The summed E-state index contributed by atoms with van der Waals surface area (Å²) in [6.07, 6.45) is 2.18.